The van der Waals surface area contributed by atoms with Crippen LogP contribution in [0.15, 0.2) is 36.4 Å². The number of rotatable bonds is 5. The molecule has 2 bridgehead atoms. The predicted octanol–water partition coefficient (Wildman–Crippen LogP) is 1.98. The van der Waals surface area contributed by atoms with Gasteiger partial charge in [-0.2, -0.15) is 0 Å². The fourth-order valence-electron chi connectivity index (χ4n) is 5.25. The first-order valence-corrected chi connectivity index (χ1v) is 11.3. The molecule has 2 aromatic rings. The zero-order valence-electron chi connectivity index (χ0n) is 17.8. The molecule has 0 amide bonds. The van der Waals surface area contributed by atoms with Crippen molar-refractivity contribution in [2.75, 3.05) is 26.4 Å². The van der Waals surface area contributed by atoms with Gasteiger partial charge < -0.3 is 34.3 Å². The summed E-state index contributed by atoms with van der Waals surface area (Å²) in [6.07, 6.45) is 0.884. The minimum atomic E-state index is -1.48. The lowest BCUT2D eigenvalue weighted by Gasteiger charge is -2.43. The molecule has 32 heavy (non-hydrogen) atoms. The lowest BCUT2D eigenvalue weighted by atomic mass is 9.85. The van der Waals surface area contributed by atoms with Crippen LogP contribution in [0.5, 0.6) is 11.5 Å². The maximum atomic E-state index is 10.9. The van der Waals surface area contributed by atoms with E-state index in [2.05, 4.69) is 6.07 Å². The van der Waals surface area contributed by atoms with E-state index < -0.39 is 23.6 Å². The van der Waals surface area contributed by atoms with E-state index in [-0.39, 0.29) is 19.6 Å². The molecule has 0 spiro atoms. The molecule has 0 unspecified atom stereocenters. The SMILES string of the molecule is OC[C@@]12CO[C@@](c3ccc(C4CC4)c(Cc4ccc5c(c4)OCCO5)c3)(O1)[C@H](O)[C@@H](O)C2. The Labute approximate surface area is 186 Å². The van der Waals surface area contributed by atoms with Gasteiger partial charge in [-0.3, -0.25) is 0 Å². The van der Waals surface area contributed by atoms with Crippen LogP contribution in [0.3, 0.4) is 0 Å². The minimum Gasteiger partial charge on any atom is -0.486 e. The Morgan fingerprint density at radius 2 is 1.78 bits per heavy atom. The van der Waals surface area contributed by atoms with E-state index in [4.69, 9.17) is 18.9 Å². The van der Waals surface area contributed by atoms with E-state index in [1.54, 1.807) is 0 Å². The molecule has 7 heteroatoms. The first kappa shape index (κ1) is 20.4. The van der Waals surface area contributed by atoms with Crippen LogP contribution in [0.25, 0.3) is 0 Å². The van der Waals surface area contributed by atoms with Crippen LogP contribution in [0.2, 0.25) is 0 Å². The second-order valence-corrected chi connectivity index (χ2v) is 9.46. The van der Waals surface area contributed by atoms with E-state index in [1.807, 2.05) is 30.3 Å². The third kappa shape index (κ3) is 3.23. The van der Waals surface area contributed by atoms with Crippen molar-refractivity contribution in [1.29, 1.82) is 0 Å². The van der Waals surface area contributed by atoms with E-state index in [9.17, 15) is 15.3 Å². The van der Waals surface area contributed by atoms with Gasteiger partial charge in [0.25, 0.3) is 0 Å². The van der Waals surface area contributed by atoms with Crippen LogP contribution in [0, 0.1) is 0 Å². The summed E-state index contributed by atoms with van der Waals surface area (Å²) in [4.78, 5) is 0. The van der Waals surface area contributed by atoms with E-state index in [0.29, 0.717) is 31.1 Å². The molecule has 2 aromatic carbocycles. The fraction of sp³-hybridized carbons (Fsp3) is 0.520. The van der Waals surface area contributed by atoms with E-state index >= 15 is 0 Å². The highest BCUT2D eigenvalue weighted by Gasteiger charge is 2.62. The smallest absolute Gasteiger partial charge is 0.225 e. The molecule has 3 aliphatic heterocycles. The number of ether oxygens (including phenoxy) is 4. The lowest BCUT2D eigenvalue weighted by molar-refractivity contribution is -0.302. The van der Waals surface area contributed by atoms with Crippen LogP contribution >= 0.6 is 0 Å². The van der Waals surface area contributed by atoms with Crippen molar-refractivity contribution in [3.63, 3.8) is 0 Å². The number of fused-ring (bicyclic) bond motifs is 3. The Bertz CT molecular complexity index is 1030. The standard InChI is InChI=1S/C25H28O7/c26-13-24-12-20(27)23(28)25(32-24,31-14-24)18-4-5-19(16-2-3-16)17(11-18)9-15-1-6-21-22(10-15)30-8-7-29-21/h1,4-6,10-11,16,20,23,26-28H,2-3,7-9,12-14H2/t20-,23+,24-,25-/m0/s1. The van der Waals surface area contributed by atoms with Crippen molar-refractivity contribution in [2.45, 2.75) is 55.2 Å². The molecule has 0 aromatic heterocycles. The summed E-state index contributed by atoms with van der Waals surface area (Å²) >= 11 is 0. The van der Waals surface area contributed by atoms with Crippen molar-refractivity contribution in [3.8, 4) is 11.5 Å². The van der Waals surface area contributed by atoms with Crippen LogP contribution in [-0.4, -0.2) is 59.6 Å². The summed E-state index contributed by atoms with van der Waals surface area (Å²) in [5.41, 5.74) is 3.20. The fourth-order valence-corrected chi connectivity index (χ4v) is 5.25. The van der Waals surface area contributed by atoms with Crippen molar-refractivity contribution in [2.24, 2.45) is 0 Å². The molecular formula is C25H28O7. The second kappa shape index (κ2) is 7.43. The van der Waals surface area contributed by atoms with E-state index in [1.165, 1.54) is 18.4 Å². The molecule has 3 fully saturated rings. The maximum Gasteiger partial charge on any atom is 0.225 e. The number of hydrogen-bond donors (Lipinski definition) is 3. The molecule has 7 nitrogen and oxygen atoms in total. The van der Waals surface area contributed by atoms with Gasteiger partial charge in [-0.05, 0) is 60.1 Å². The Balaban J connectivity index is 1.38. The summed E-state index contributed by atoms with van der Waals surface area (Å²) in [5, 5.41) is 31.3. The van der Waals surface area contributed by atoms with Crippen LogP contribution in [0.4, 0.5) is 0 Å². The van der Waals surface area contributed by atoms with Gasteiger partial charge in [0.15, 0.2) is 11.5 Å². The summed E-state index contributed by atoms with van der Waals surface area (Å²) in [7, 11) is 0. The highest BCUT2D eigenvalue weighted by atomic mass is 16.8. The summed E-state index contributed by atoms with van der Waals surface area (Å²) in [5.74, 6) is 0.585. The van der Waals surface area contributed by atoms with Gasteiger partial charge in [-0.25, -0.2) is 0 Å². The molecule has 4 aliphatic rings. The van der Waals surface area contributed by atoms with Gasteiger partial charge >= 0.3 is 0 Å². The monoisotopic (exact) mass is 440 g/mol. The van der Waals surface area contributed by atoms with Crippen molar-refractivity contribution in [3.05, 3.63) is 58.7 Å². The third-order valence-electron chi connectivity index (χ3n) is 7.10. The molecule has 4 atom stereocenters. The molecule has 6 rings (SSSR count). The predicted molar refractivity (Wildman–Crippen MR) is 114 cm³/mol. The largest absolute Gasteiger partial charge is 0.486 e. The highest BCUT2D eigenvalue weighted by Crippen LogP contribution is 2.50. The van der Waals surface area contributed by atoms with Crippen LogP contribution in [0.1, 0.15) is 47.4 Å². The van der Waals surface area contributed by atoms with Gasteiger partial charge in [0, 0.05) is 12.0 Å². The Kier molecular flexibility index (Phi) is 4.75. The quantitative estimate of drug-likeness (QED) is 0.654. The molecule has 1 aliphatic carbocycles. The normalized spacial score (nSPS) is 33.3. The Hall–Kier alpha value is -2.16. The minimum absolute atomic E-state index is 0.124. The van der Waals surface area contributed by atoms with Gasteiger partial charge in [-0.1, -0.05) is 18.2 Å². The summed E-state index contributed by atoms with van der Waals surface area (Å²) in [6, 6.07) is 12.1. The van der Waals surface area contributed by atoms with Gasteiger partial charge in [0.1, 0.15) is 24.9 Å². The number of hydrogen-bond acceptors (Lipinski definition) is 7. The van der Waals surface area contributed by atoms with Crippen LogP contribution < -0.4 is 9.47 Å². The summed E-state index contributed by atoms with van der Waals surface area (Å²) in [6.45, 7) is 0.956. The molecule has 3 heterocycles. The number of aliphatic hydroxyl groups excluding tert-OH is 3. The molecule has 170 valence electrons. The average Bonchev–Trinajstić information content (AvgIpc) is 3.60. The first-order valence-electron chi connectivity index (χ1n) is 11.3. The summed E-state index contributed by atoms with van der Waals surface area (Å²) < 4.78 is 23.6. The molecule has 1 saturated carbocycles. The van der Waals surface area contributed by atoms with Crippen molar-refractivity contribution < 1.29 is 34.3 Å². The van der Waals surface area contributed by atoms with Gasteiger partial charge in [0.05, 0.1) is 19.3 Å². The van der Waals surface area contributed by atoms with Gasteiger partial charge in [-0.15, -0.1) is 0 Å². The zero-order valence-corrected chi connectivity index (χ0v) is 17.8. The topological polar surface area (TPSA) is 97.6 Å². The van der Waals surface area contributed by atoms with Crippen molar-refractivity contribution in [1.82, 2.24) is 0 Å². The Morgan fingerprint density at radius 1 is 0.969 bits per heavy atom. The molecule has 2 saturated heterocycles. The zero-order chi connectivity index (χ0) is 21.9. The number of benzene rings is 2. The number of aliphatic hydroxyl groups is 3. The second-order valence-electron chi connectivity index (χ2n) is 9.46. The molecular weight excluding hydrogens is 412 g/mol. The average molecular weight is 440 g/mol. The maximum absolute atomic E-state index is 10.9. The highest BCUT2D eigenvalue weighted by molar-refractivity contribution is 5.47. The molecule has 0 radical (unpaired) electrons. The van der Waals surface area contributed by atoms with E-state index in [0.717, 1.165) is 22.6 Å². The molecule has 3 N–H and O–H groups in total. The van der Waals surface area contributed by atoms with Gasteiger partial charge in [0.2, 0.25) is 5.79 Å². The van der Waals surface area contributed by atoms with Crippen molar-refractivity contribution >= 4 is 0 Å². The van der Waals surface area contributed by atoms with Crippen LogP contribution in [-0.2, 0) is 21.7 Å². The third-order valence-corrected chi connectivity index (χ3v) is 7.10. The first-order chi connectivity index (χ1) is 15.5. The Morgan fingerprint density at radius 3 is 2.56 bits per heavy atom. The lowest BCUT2D eigenvalue weighted by Crippen LogP contribution is -2.57.